The van der Waals surface area contributed by atoms with E-state index in [9.17, 15) is 8.42 Å². The van der Waals surface area contributed by atoms with Gasteiger partial charge in [-0.1, -0.05) is 19.1 Å². The largest absolute Gasteiger partial charge is 0.329 e. The van der Waals surface area contributed by atoms with E-state index in [-0.39, 0.29) is 6.04 Å². The molecular weight excluding hydrogens is 236 g/mol. The number of nitrogens with two attached hydrogens (primary N) is 1. The third-order valence-electron chi connectivity index (χ3n) is 2.95. The summed E-state index contributed by atoms with van der Waals surface area (Å²) >= 11 is 0. The van der Waals surface area contributed by atoms with Crippen molar-refractivity contribution >= 4 is 10.0 Å². The van der Waals surface area contributed by atoms with Crippen molar-refractivity contribution in [2.24, 2.45) is 5.73 Å². The van der Waals surface area contributed by atoms with Crippen LogP contribution in [0, 0.1) is 0 Å². The summed E-state index contributed by atoms with van der Waals surface area (Å²) in [4.78, 5) is 0.333. The Balaban J connectivity index is 3.12. The van der Waals surface area contributed by atoms with E-state index in [0.29, 0.717) is 11.4 Å². The quantitative estimate of drug-likeness (QED) is 0.861. The fourth-order valence-corrected chi connectivity index (χ4v) is 2.92. The number of sulfonamides is 1. The molecule has 0 amide bonds. The van der Waals surface area contributed by atoms with E-state index in [1.807, 2.05) is 13.0 Å². The van der Waals surface area contributed by atoms with Gasteiger partial charge in [0.05, 0.1) is 4.90 Å². The maximum Gasteiger partial charge on any atom is 0.243 e. The molecule has 0 aliphatic rings. The Labute approximate surface area is 103 Å². The zero-order valence-corrected chi connectivity index (χ0v) is 11.4. The SMILES string of the molecule is CCc1cccc(S(=O)(=O)N(C)C(C)CN)c1. The van der Waals surface area contributed by atoms with Gasteiger partial charge in [-0.3, -0.25) is 0 Å². The molecule has 1 aromatic rings. The molecule has 4 nitrogen and oxygen atoms in total. The van der Waals surface area contributed by atoms with E-state index in [2.05, 4.69) is 0 Å². The summed E-state index contributed by atoms with van der Waals surface area (Å²) in [6.45, 7) is 4.10. The van der Waals surface area contributed by atoms with E-state index in [1.54, 1.807) is 32.2 Å². The number of hydrogen-bond donors (Lipinski definition) is 1. The Morgan fingerprint density at radius 3 is 2.59 bits per heavy atom. The zero-order valence-electron chi connectivity index (χ0n) is 10.6. The van der Waals surface area contributed by atoms with Crippen LogP contribution in [0.5, 0.6) is 0 Å². The molecule has 0 radical (unpaired) electrons. The molecule has 0 aliphatic heterocycles. The van der Waals surface area contributed by atoms with Gasteiger partial charge in [0.2, 0.25) is 10.0 Å². The summed E-state index contributed by atoms with van der Waals surface area (Å²) in [5.41, 5.74) is 6.51. The zero-order chi connectivity index (χ0) is 13.1. The predicted molar refractivity (Wildman–Crippen MR) is 69.3 cm³/mol. The van der Waals surface area contributed by atoms with Gasteiger partial charge in [0.25, 0.3) is 0 Å². The van der Waals surface area contributed by atoms with Crippen LogP contribution in [0.15, 0.2) is 29.2 Å². The molecule has 0 saturated carbocycles. The number of hydrogen-bond acceptors (Lipinski definition) is 3. The van der Waals surface area contributed by atoms with Crippen molar-refractivity contribution in [1.82, 2.24) is 4.31 Å². The highest BCUT2D eigenvalue weighted by Gasteiger charge is 2.24. The maximum absolute atomic E-state index is 12.3. The summed E-state index contributed by atoms with van der Waals surface area (Å²) in [6.07, 6.45) is 0.819. The molecule has 1 unspecified atom stereocenters. The summed E-state index contributed by atoms with van der Waals surface area (Å²) in [7, 11) is -1.87. The summed E-state index contributed by atoms with van der Waals surface area (Å²) in [5, 5.41) is 0. The molecule has 96 valence electrons. The molecule has 1 rings (SSSR count). The lowest BCUT2D eigenvalue weighted by atomic mass is 10.2. The fraction of sp³-hybridized carbons (Fsp3) is 0.500. The second-order valence-electron chi connectivity index (χ2n) is 4.11. The second kappa shape index (κ2) is 5.62. The molecule has 5 heteroatoms. The second-order valence-corrected chi connectivity index (χ2v) is 6.10. The third kappa shape index (κ3) is 3.06. The van der Waals surface area contributed by atoms with Gasteiger partial charge >= 0.3 is 0 Å². The van der Waals surface area contributed by atoms with Crippen molar-refractivity contribution in [2.45, 2.75) is 31.2 Å². The minimum atomic E-state index is -3.43. The first kappa shape index (κ1) is 14.2. The molecule has 0 heterocycles. The highest BCUT2D eigenvalue weighted by Crippen LogP contribution is 2.17. The molecule has 0 aliphatic carbocycles. The molecule has 1 aromatic carbocycles. The fourth-order valence-electron chi connectivity index (χ4n) is 1.48. The molecule has 0 saturated heterocycles. The summed E-state index contributed by atoms with van der Waals surface area (Å²) < 4.78 is 25.9. The van der Waals surface area contributed by atoms with Gasteiger partial charge in [-0.25, -0.2) is 8.42 Å². The smallest absolute Gasteiger partial charge is 0.243 e. The summed E-state index contributed by atoms with van der Waals surface area (Å²) in [5.74, 6) is 0. The first-order chi connectivity index (χ1) is 7.93. The number of likely N-dealkylation sites (N-methyl/N-ethyl adjacent to an activating group) is 1. The van der Waals surface area contributed by atoms with E-state index in [1.165, 1.54) is 4.31 Å². The van der Waals surface area contributed by atoms with E-state index in [4.69, 9.17) is 5.73 Å². The number of rotatable bonds is 5. The molecular formula is C12H20N2O2S. The topological polar surface area (TPSA) is 63.4 Å². The lowest BCUT2D eigenvalue weighted by molar-refractivity contribution is 0.394. The van der Waals surface area contributed by atoms with Crippen molar-refractivity contribution in [3.63, 3.8) is 0 Å². The van der Waals surface area contributed by atoms with Gasteiger partial charge in [-0.2, -0.15) is 4.31 Å². The molecule has 0 bridgehead atoms. The molecule has 2 N–H and O–H groups in total. The number of benzene rings is 1. The minimum absolute atomic E-state index is 0.203. The van der Waals surface area contributed by atoms with Crippen LogP contribution in [-0.4, -0.2) is 32.4 Å². The highest BCUT2D eigenvalue weighted by molar-refractivity contribution is 7.89. The van der Waals surface area contributed by atoms with Gasteiger partial charge in [-0.15, -0.1) is 0 Å². The van der Waals surface area contributed by atoms with Crippen LogP contribution in [0.2, 0.25) is 0 Å². The normalized spacial score (nSPS) is 13.9. The van der Waals surface area contributed by atoms with Crippen molar-refractivity contribution in [2.75, 3.05) is 13.6 Å². The highest BCUT2D eigenvalue weighted by atomic mass is 32.2. The third-order valence-corrected chi connectivity index (χ3v) is 4.91. The van der Waals surface area contributed by atoms with Crippen molar-refractivity contribution < 1.29 is 8.42 Å². The van der Waals surface area contributed by atoms with Gasteiger partial charge in [0.1, 0.15) is 0 Å². The molecule has 0 fully saturated rings. The van der Waals surface area contributed by atoms with Crippen LogP contribution < -0.4 is 5.73 Å². The van der Waals surface area contributed by atoms with Crippen LogP contribution >= 0.6 is 0 Å². The minimum Gasteiger partial charge on any atom is -0.329 e. The van der Waals surface area contributed by atoms with E-state index >= 15 is 0 Å². The Morgan fingerprint density at radius 1 is 1.41 bits per heavy atom. The van der Waals surface area contributed by atoms with E-state index < -0.39 is 10.0 Å². The van der Waals surface area contributed by atoms with Crippen LogP contribution in [0.25, 0.3) is 0 Å². The predicted octanol–water partition coefficient (Wildman–Crippen LogP) is 1.22. The Morgan fingerprint density at radius 2 is 2.06 bits per heavy atom. The first-order valence-corrected chi connectivity index (χ1v) is 7.14. The van der Waals surface area contributed by atoms with E-state index in [0.717, 1.165) is 12.0 Å². The average molecular weight is 256 g/mol. The van der Waals surface area contributed by atoms with Gasteiger partial charge < -0.3 is 5.73 Å². The van der Waals surface area contributed by atoms with Crippen LogP contribution in [0.3, 0.4) is 0 Å². The average Bonchev–Trinajstić information content (AvgIpc) is 2.36. The molecule has 17 heavy (non-hydrogen) atoms. The standard InChI is InChI=1S/C12H20N2O2S/c1-4-11-6-5-7-12(8-11)17(15,16)14(3)10(2)9-13/h5-8,10H,4,9,13H2,1-3H3. The monoisotopic (exact) mass is 256 g/mol. The first-order valence-electron chi connectivity index (χ1n) is 5.70. The van der Waals surface area contributed by atoms with Crippen LogP contribution in [0.4, 0.5) is 0 Å². The van der Waals surface area contributed by atoms with Crippen molar-refractivity contribution in [3.05, 3.63) is 29.8 Å². The Bertz CT molecular complexity index is 471. The maximum atomic E-state index is 12.3. The Hall–Kier alpha value is -0.910. The van der Waals surface area contributed by atoms with Crippen LogP contribution in [-0.2, 0) is 16.4 Å². The lowest BCUT2D eigenvalue weighted by Crippen LogP contribution is -2.39. The van der Waals surface area contributed by atoms with Crippen LogP contribution in [0.1, 0.15) is 19.4 Å². The van der Waals surface area contributed by atoms with Gasteiger partial charge in [0.15, 0.2) is 0 Å². The summed E-state index contributed by atoms with van der Waals surface area (Å²) in [6, 6.07) is 6.83. The molecule has 1 atom stereocenters. The number of aryl methyl sites for hydroxylation is 1. The van der Waals surface area contributed by atoms with Gasteiger partial charge in [-0.05, 0) is 31.0 Å². The number of nitrogens with zero attached hydrogens (tertiary/aromatic N) is 1. The lowest BCUT2D eigenvalue weighted by Gasteiger charge is -2.23. The van der Waals surface area contributed by atoms with Gasteiger partial charge in [0, 0.05) is 19.6 Å². The molecule has 0 aromatic heterocycles. The molecule has 0 spiro atoms. The Kier molecular flexibility index (Phi) is 4.68. The van der Waals surface area contributed by atoms with Crippen molar-refractivity contribution in [3.8, 4) is 0 Å². The van der Waals surface area contributed by atoms with Crippen molar-refractivity contribution in [1.29, 1.82) is 0 Å².